The minimum absolute atomic E-state index is 0. The topological polar surface area (TPSA) is 23.3 Å². The first kappa shape index (κ1) is 27.0. The van der Waals surface area contributed by atoms with Crippen molar-refractivity contribution in [2.24, 2.45) is 0 Å². The van der Waals surface area contributed by atoms with Crippen LogP contribution >= 0.6 is 0 Å². The van der Waals surface area contributed by atoms with Crippen LogP contribution in [0.4, 0.5) is 49.6 Å². The van der Waals surface area contributed by atoms with Gasteiger partial charge in [-0.1, -0.05) is 6.07 Å². The fourth-order valence-corrected chi connectivity index (χ4v) is 2.13. The summed E-state index contributed by atoms with van der Waals surface area (Å²) in [6.45, 7) is 0. The zero-order valence-electron chi connectivity index (χ0n) is 15.2. The molecule has 30 heavy (non-hydrogen) atoms. The molecule has 0 aliphatic carbocycles. The Bertz CT molecular complexity index is 868. The molecule has 13 heteroatoms. The molecule has 0 unspecified atom stereocenters. The van der Waals surface area contributed by atoms with Crippen LogP contribution in [0.1, 0.15) is 5.56 Å². The van der Waals surface area contributed by atoms with Crippen LogP contribution in [0.3, 0.4) is 0 Å². The Kier molecular flexibility index (Phi) is 8.31. The first-order chi connectivity index (χ1) is 13.1. The minimum Gasteiger partial charge on any atom is -0.687 e. The van der Waals surface area contributed by atoms with Gasteiger partial charge >= 0.3 is 75.3 Å². The van der Waals surface area contributed by atoms with Crippen molar-refractivity contribution < 1.29 is 100 Å². The Hall–Kier alpha value is -1.02. The molecule has 0 radical (unpaired) electrons. The number of rotatable bonds is 6. The molecule has 2 nitrogen and oxygen atoms in total. The summed E-state index contributed by atoms with van der Waals surface area (Å²) >= 11 is 0. The standard InChI is InChI=1S/C17H10F10NO.K/c1-28-10-4-7-13(12(18)8-10)29-11-5-2-9(3-6-11)14(19,20)15(21,22)16(23,24)17(25,26)27;/h2-8H,1H3;/q-1;+1. The Morgan fingerprint density at radius 1 is 0.767 bits per heavy atom. The van der Waals surface area contributed by atoms with E-state index in [9.17, 15) is 43.9 Å². The third-order valence-corrected chi connectivity index (χ3v) is 3.76. The van der Waals surface area contributed by atoms with E-state index < -0.39 is 41.1 Å². The predicted molar refractivity (Wildman–Crippen MR) is 81.7 cm³/mol. The predicted octanol–water partition coefficient (Wildman–Crippen LogP) is 4.18. The molecule has 0 aromatic heterocycles. The molecule has 0 saturated carbocycles. The summed E-state index contributed by atoms with van der Waals surface area (Å²) < 4.78 is 136. The van der Waals surface area contributed by atoms with Gasteiger partial charge < -0.3 is 10.1 Å². The Morgan fingerprint density at radius 3 is 1.73 bits per heavy atom. The normalized spacial score (nSPS) is 12.9. The summed E-state index contributed by atoms with van der Waals surface area (Å²) in [5, 5.41) is 3.69. The van der Waals surface area contributed by atoms with Crippen LogP contribution in [0.15, 0.2) is 42.5 Å². The molecular weight excluding hydrogens is 463 g/mol. The number of hydrogen-bond acceptors (Lipinski definition) is 1. The molecule has 0 amide bonds. The second-order valence-electron chi connectivity index (χ2n) is 5.69. The molecule has 0 aliphatic heterocycles. The summed E-state index contributed by atoms with van der Waals surface area (Å²) in [5.74, 6) is -21.3. The van der Waals surface area contributed by atoms with E-state index in [4.69, 9.17) is 4.74 Å². The van der Waals surface area contributed by atoms with Crippen molar-refractivity contribution in [3.63, 3.8) is 0 Å². The van der Waals surface area contributed by atoms with Crippen molar-refractivity contribution in [2.45, 2.75) is 23.9 Å². The quantitative estimate of drug-likeness (QED) is 0.456. The molecule has 2 aromatic carbocycles. The van der Waals surface area contributed by atoms with E-state index in [-0.39, 0.29) is 75.0 Å². The number of benzene rings is 2. The number of alkyl halides is 9. The maximum Gasteiger partial charge on any atom is 1.00 e. The van der Waals surface area contributed by atoms with Gasteiger partial charge in [-0.25, -0.2) is 4.39 Å². The summed E-state index contributed by atoms with van der Waals surface area (Å²) in [6, 6.07) is 4.94. The molecule has 0 aliphatic rings. The zero-order chi connectivity index (χ0) is 22.3. The van der Waals surface area contributed by atoms with Crippen molar-refractivity contribution in [1.82, 2.24) is 0 Å². The van der Waals surface area contributed by atoms with Crippen LogP contribution in [0, 0.1) is 5.82 Å². The van der Waals surface area contributed by atoms with Gasteiger partial charge in [0.1, 0.15) is 5.75 Å². The number of nitrogens with zero attached hydrogens (tertiary/aromatic N) is 1. The van der Waals surface area contributed by atoms with Gasteiger partial charge in [-0.05, 0) is 36.4 Å². The van der Waals surface area contributed by atoms with E-state index in [1.807, 2.05) is 0 Å². The molecular formula is C17H10F10KNO. The molecule has 0 saturated heterocycles. The van der Waals surface area contributed by atoms with Gasteiger partial charge in [0.15, 0.2) is 11.6 Å². The monoisotopic (exact) mass is 473 g/mol. The van der Waals surface area contributed by atoms with E-state index in [1.54, 1.807) is 0 Å². The zero-order valence-corrected chi connectivity index (χ0v) is 18.3. The van der Waals surface area contributed by atoms with Crippen molar-refractivity contribution >= 4 is 5.69 Å². The van der Waals surface area contributed by atoms with Gasteiger partial charge in [0.25, 0.3) is 0 Å². The number of hydrogen-bond donors (Lipinski definition) is 0. The van der Waals surface area contributed by atoms with Crippen LogP contribution in [0.25, 0.3) is 5.32 Å². The largest absolute Gasteiger partial charge is 1.00 e. The SMILES string of the molecule is C[N-]c1ccc(Oc2ccc(C(F)(F)C(F)(F)C(F)(F)C(F)(F)F)cc2)c(F)c1.[K+]. The average molecular weight is 473 g/mol. The Morgan fingerprint density at radius 2 is 1.30 bits per heavy atom. The van der Waals surface area contributed by atoms with Gasteiger partial charge in [0.05, 0.1) is 0 Å². The molecule has 0 atom stereocenters. The second kappa shape index (κ2) is 9.23. The molecule has 0 bridgehead atoms. The fraction of sp³-hybridized carbons (Fsp3) is 0.294. The van der Waals surface area contributed by atoms with Gasteiger partial charge in [-0.2, -0.15) is 39.5 Å². The van der Waals surface area contributed by atoms with Gasteiger partial charge in [0, 0.05) is 5.56 Å². The van der Waals surface area contributed by atoms with Crippen LogP contribution in [0.2, 0.25) is 0 Å². The van der Waals surface area contributed by atoms with Gasteiger partial charge in [0.2, 0.25) is 0 Å². The third-order valence-electron chi connectivity index (χ3n) is 3.76. The molecule has 2 rings (SSSR count). The maximum atomic E-state index is 13.8. The summed E-state index contributed by atoms with van der Waals surface area (Å²) in [4.78, 5) is 0. The smallest absolute Gasteiger partial charge is 0.687 e. The van der Waals surface area contributed by atoms with E-state index >= 15 is 0 Å². The number of halogens is 10. The van der Waals surface area contributed by atoms with Crippen LogP contribution in [-0.2, 0) is 5.92 Å². The van der Waals surface area contributed by atoms with E-state index in [2.05, 4.69) is 5.32 Å². The minimum atomic E-state index is -6.99. The van der Waals surface area contributed by atoms with Gasteiger partial charge in [-0.3, -0.25) is 0 Å². The van der Waals surface area contributed by atoms with Crippen LogP contribution in [-0.4, -0.2) is 25.1 Å². The molecule has 0 N–H and O–H groups in total. The van der Waals surface area contributed by atoms with Gasteiger partial charge in [-0.15, -0.1) is 12.7 Å². The van der Waals surface area contributed by atoms with E-state index in [1.165, 1.54) is 13.1 Å². The molecule has 0 heterocycles. The maximum absolute atomic E-state index is 13.8. The fourth-order valence-electron chi connectivity index (χ4n) is 2.13. The number of ether oxygens (including phenoxy) is 1. The molecule has 0 spiro atoms. The molecule has 2 aromatic rings. The Labute approximate surface area is 206 Å². The summed E-state index contributed by atoms with van der Waals surface area (Å²) in [7, 11) is 1.38. The first-order valence-electron chi connectivity index (χ1n) is 7.53. The second-order valence-corrected chi connectivity index (χ2v) is 5.69. The Balaban J connectivity index is 0.00000450. The summed E-state index contributed by atoms with van der Waals surface area (Å²) in [5.41, 5.74) is -1.57. The van der Waals surface area contributed by atoms with Crippen molar-refractivity contribution in [1.29, 1.82) is 0 Å². The first-order valence-corrected chi connectivity index (χ1v) is 7.53. The van der Waals surface area contributed by atoms with E-state index in [0.29, 0.717) is 12.1 Å². The van der Waals surface area contributed by atoms with Crippen LogP contribution in [0.5, 0.6) is 11.5 Å². The van der Waals surface area contributed by atoms with Crippen molar-refractivity contribution in [3.8, 4) is 11.5 Å². The van der Waals surface area contributed by atoms with E-state index in [0.717, 1.165) is 12.1 Å². The molecule has 160 valence electrons. The van der Waals surface area contributed by atoms with Crippen molar-refractivity contribution in [3.05, 3.63) is 59.2 Å². The van der Waals surface area contributed by atoms with Crippen molar-refractivity contribution in [2.75, 3.05) is 7.05 Å². The summed E-state index contributed by atoms with van der Waals surface area (Å²) in [6.07, 6.45) is -6.91. The average Bonchev–Trinajstić information content (AvgIpc) is 2.62. The molecule has 0 fully saturated rings. The van der Waals surface area contributed by atoms with Crippen LogP contribution < -0.4 is 56.1 Å². The third kappa shape index (κ3) is 4.90.